The van der Waals surface area contributed by atoms with Gasteiger partial charge in [-0.2, -0.15) is 0 Å². The smallest absolute Gasteiger partial charge is 0.202 e. The van der Waals surface area contributed by atoms with Crippen LogP contribution in [0, 0.1) is 0 Å². The molecule has 4 rings (SSSR count). The number of hydrogen-bond donors (Lipinski definition) is 1. The number of rotatable bonds is 1. The Labute approximate surface area is 142 Å². The lowest BCUT2D eigenvalue weighted by Gasteiger charge is -2.23. The van der Waals surface area contributed by atoms with E-state index < -0.39 is 11.6 Å². The van der Waals surface area contributed by atoms with Crippen molar-refractivity contribution in [2.45, 2.75) is 0 Å². The maximum atomic E-state index is 13.0. The van der Waals surface area contributed by atoms with Crippen LogP contribution in [0.25, 0.3) is 10.8 Å². The van der Waals surface area contributed by atoms with Gasteiger partial charge in [0, 0.05) is 16.3 Å². The summed E-state index contributed by atoms with van der Waals surface area (Å²) < 4.78 is 5.44. The van der Waals surface area contributed by atoms with Crippen LogP contribution in [0.15, 0.2) is 42.5 Å². The van der Waals surface area contributed by atoms with Crippen LogP contribution in [0.1, 0.15) is 31.8 Å². The van der Waals surface area contributed by atoms with Gasteiger partial charge in [0.2, 0.25) is 5.78 Å². The Kier molecular flexibility index (Phi) is 3.11. The van der Waals surface area contributed by atoms with Gasteiger partial charge in [0.05, 0.1) is 28.8 Å². The van der Waals surface area contributed by atoms with Crippen LogP contribution in [0.4, 0.5) is 0 Å². The van der Waals surface area contributed by atoms with Gasteiger partial charge in [-0.25, -0.2) is 0 Å². The number of benzene rings is 3. The van der Waals surface area contributed by atoms with Crippen molar-refractivity contribution in [2.24, 2.45) is 0 Å². The van der Waals surface area contributed by atoms with E-state index in [9.17, 15) is 14.7 Å². The topological polar surface area (TPSA) is 63.6 Å². The summed E-state index contributed by atoms with van der Waals surface area (Å²) in [4.78, 5) is 25.9. The van der Waals surface area contributed by atoms with Crippen LogP contribution in [0.2, 0.25) is 5.02 Å². The highest BCUT2D eigenvalue weighted by atomic mass is 35.5. The average molecular weight is 339 g/mol. The molecule has 0 fully saturated rings. The third-order valence-corrected chi connectivity index (χ3v) is 4.67. The van der Waals surface area contributed by atoms with E-state index in [0.29, 0.717) is 10.8 Å². The van der Waals surface area contributed by atoms with Gasteiger partial charge < -0.3 is 9.84 Å². The summed E-state index contributed by atoms with van der Waals surface area (Å²) >= 11 is 6.46. The van der Waals surface area contributed by atoms with Gasteiger partial charge in [-0.1, -0.05) is 48.0 Å². The molecule has 1 aliphatic rings. The summed E-state index contributed by atoms with van der Waals surface area (Å²) in [5, 5.41) is 11.6. The van der Waals surface area contributed by atoms with Crippen LogP contribution in [0.3, 0.4) is 0 Å². The van der Waals surface area contributed by atoms with E-state index in [0.717, 1.165) is 0 Å². The minimum Gasteiger partial charge on any atom is -0.507 e. The molecule has 0 saturated carbocycles. The van der Waals surface area contributed by atoms with E-state index in [1.807, 2.05) is 0 Å². The van der Waals surface area contributed by atoms with E-state index in [4.69, 9.17) is 16.3 Å². The van der Waals surface area contributed by atoms with Crippen LogP contribution < -0.4 is 4.74 Å². The zero-order valence-electron chi connectivity index (χ0n) is 12.6. The normalized spacial score (nSPS) is 12.9. The molecule has 5 heteroatoms. The Bertz CT molecular complexity index is 1050. The van der Waals surface area contributed by atoms with Crippen molar-refractivity contribution in [3.8, 4) is 11.5 Å². The predicted molar refractivity (Wildman–Crippen MR) is 90.5 cm³/mol. The van der Waals surface area contributed by atoms with Gasteiger partial charge in [0.1, 0.15) is 11.5 Å². The minimum atomic E-state index is -0.470. The summed E-state index contributed by atoms with van der Waals surface area (Å²) in [5.74, 6) is -0.813. The van der Waals surface area contributed by atoms with Crippen molar-refractivity contribution in [3.63, 3.8) is 0 Å². The summed E-state index contributed by atoms with van der Waals surface area (Å²) in [6, 6.07) is 11.6. The number of hydrogen-bond acceptors (Lipinski definition) is 4. The number of phenolic OH excluding ortho intramolecular Hbond substituents is 1. The number of carbonyl (C=O) groups excluding carboxylic acids is 2. The second kappa shape index (κ2) is 5.08. The fraction of sp³-hybridized carbons (Fsp3) is 0.0526. The van der Waals surface area contributed by atoms with E-state index >= 15 is 0 Å². The number of ketones is 2. The predicted octanol–water partition coefficient (Wildman–Crippen LogP) is 3.98. The first-order valence-electron chi connectivity index (χ1n) is 7.25. The molecule has 0 aliphatic heterocycles. The lowest BCUT2D eigenvalue weighted by molar-refractivity contribution is 0.0974. The lowest BCUT2D eigenvalue weighted by atomic mass is 9.81. The SMILES string of the molecule is COc1c2c(c(Cl)c3ccccc13)C(=O)c1cccc(O)c1C2=O. The second-order valence-electron chi connectivity index (χ2n) is 5.50. The maximum Gasteiger partial charge on any atom is 0.202 e. The van der Waals surface area contributed by atoms with Crippen LogP contribution >= 0.6 is 11.6 Å². The second-order valence-corrected chi connectivity index (χ2v) is 5.88. The molecule has 0 spiro atoms. The fourth-order valence-electron chi connectivity index (χ4n) is 3.23. The molecule has 118 valence electrons. The van der Waals surface area contributed by atoms with Crippen molar-refractivity contribution < 1.29 is 19.4 Å². The fourth-order valence-corrected chi connectivity index (χ4v) is 3.58. The molecule has 4 nitrogen and oxygen atoms in total. The van der Waals surface area contributed by atoms with Crippen LogP contribution in [-0.2, 0) is 0 Å². The highest BCUT2D eigenvalue weighted by Crippen LogP contribution is 2.44. The molecule has 0 aromatic heterocycles. The van der Waals surface area contributed by atoms with Gasteiger partial charge in [-0.15, -0.1) is 0 Å². The quantitative estimate of drug-likeness (QED) is 0.570. The molecule has 0 heterocycles. The highest BCUT2D eigenvalue weighted by Gasteiger charge is 2.37. The molecule has 3 aromatic rings. The molecule has 0 unspecified atom stereocenters. The van der Waals surface area contributed by atoms with Crippen molar-refractivity contribution in [3.05, 3.63) is 69.7 Å². The van der Waals surface area contributed by atoms with Gasteiger partial charge in [0.25, 0.3) is 0 Å². The van der Waals surface area contributed by atoms with E-state index in [-0.39, 0.29) is 38.8 Å². The summed E-state index contributed by atoms with van der Waals surface area (Å²) in [6.45, 7) is 0. The average Bonchev–Trinajstić information content (AvgIpc) is 2.59. The molecule has 0 saturated heterocycles. The van der Waals surface area contributed by atoms with Gasteiger partial charge in [0.15, 0.2) is 5.78 Å². The van der Waals surface area contributed by atoms with E-state index in [1.54, 1.807) is 24.3 Å². The maximum absolute atomic E-state index is 13.0. The van der Waals surface area contributed by atoms with Gasteiger partial charge >= 0.3 is 0 Å². The summed E-state index contributed by atoms with van der Waals surface area (Å²) in [6.07, 6.45) is 0. The van der Waals surface area contributed by atoms with Crippen LogP contribution in [0.5, 0.6) is 11.5 Å². The van der Waals surface area contributed by atoms with Gasteiger partial charge in [-0.3, -0.25) is 9.59 Å². The van der Waals surface area contributed by atoms with Gasteiger partial charge in [-0.05, 0) is 6.07 Å². The number of methoxy groups -OCH3 is 1. The Morgan fingerprint density at radius 3 is 2.29 bits per heavy atom. The molecule has 0 radical (unpaired) electrons. The van der Waals surface area contributed by atoms with E-state index in [1.165, 1.54) is 25.3 Å². The molecule has 1 N–H and O–H groups in total. The minimum absolute atomic E-state index is 0.0142. The number of carbonyl (C=O) groups is 2. The molecule has 1 aliphatic carbocycles. The molecular formula is C19H11ClO4. The first kappa shape index (κ1) is 14.7. The van der Waals surface area contributed by atoms with E-state index in [2.05, 4.69) is 0 Å². The van der Waals surface area contributed by atoms with Crippen molar-refractivity contribution in [2.75, 3.05) is 7.11 Å². The number of fused-ring (bicyclic) bond motifs is 3. The first-order chi connectivity index (χ1) is 11.6. The zero-order valence-corrected chi connectivity index (χ0v) is 13.3. The molecule has 3 aromatic carbocycles. The summed E-state index contributed by atoms with van der Waals surface area (Å²) in [5.41, 5.74) is 0.349. The highest BCUT2D eigenvalue weighted by molar-refractivity contribution is 6.44. The zero-order chi connectivity index (χ0) is 17.0. The number of phenols is 1. The summed E-state index contributed by atoms with van der Waals surface area (Å²) in [7, 11) is 1.44. The largest absolute Gasteiger partial charge is 0.507 e. The molecular weight excluding hydrogens is 328 g/mol. The number of aromatic hydroxyl groups is 1. The Balaban J connectivity index is 2.21. The monoisotopic (exact) mass is 338 g/mol. The third-order valence-electron chi connectivity index (χ3n) is 4.28. The van der Waals surface area contributed by atoms with Crippen molar-refractivity contribution >= 4 is 33.9 Å². The number of halogens is 1. The first-order valence-corrected chi connectivity index (χ1v) is 7.63. The lowest BCUT2D eigenvalue weighted by Crippen LogP contribution is -2.22. The Morgan fingerprint density at radius 2 is 1.58 bits per heavy atom. The molecule has 0 atom stereocenters. The van der Waals surface area contributed by atoms with Crippen LogP contribution in [-0.4, -0.2) is 23.8 Å². The number of ether oxygens (including phenoxy) is 1. The third kappa shape index (κ3) is 1.74. The molecule has 0 bridgehead atoms. The Morgan fingerprint density at radius 1 is 0.875 bits per heavy atom. The molecule has 0 amide bonds. The molecule has 24 heavy (non-hydrogen) atoms. The van der Waals surface area contributed by atoms with Crippen molar-refractivity contribution in [1.82, 2.24) is 0 Å². The standard InChI is InChI=1S/C19H11ClO4/c1-24-19-10-6-3-2-5-9(10)16(20)14-15(19)18(23)13-11(17(14)22)7-4-8-12(13)21/h2-8,21H,1H3. The Hall–Kier alpha value is -2.85. The van der Waals surface area contributed by atoms with Crippen molar-refractivity contribution in [1.29, 1.82) is 0 Å².